The van der Waals surface area contributed by atoms with E-state index in [9.17, 15) is 0 Å². The molecule has 2 aromatic heterocycles. The van der Waals surface area contributed by atoms with Crippen LogP contribution in [0.2, 0.25) is 0 Å². The van der Waals surface area contributed by atoms with Crippen LogP contribution in [-0.4, -0.2) is 20.2 Å². The molecule has 0 bridgehead atoms. The van der Waals surface area contributed by atoms with E-state index in [0.717, 1.165) is 22.7 Å². The van der Waals surface area contributed by atoms with Crippen LogP contribution in [0.25, 0.3) is 0 Å². The average Bonchev–Trinajstić information content (AvgIpc) is 2.98. The predicted molar refractivity (Wildman–Crippen MR) is 88.7 cm³/mol. The molecule has 0 saturated heterocycles. The smallest absolute Gasteiger partial charge is 0.159 e. The second-order valence-corrected chi connectivity index (χ2v) is 5.02. The van der Waals surface area contributed by atoms with Crippen LogP contribution in [0.5, 0.6) is 0 Å². The normalized spacial score (nSPS) is 11.4. The van der Waals surface area contributed by atoms with Crippen LogP contribution in [-0.2, 0) is 18.5 Å². The fourth-order valence-electron chi connectivity index (χ4n) is 2.17. The standard InChI is InChI=1S/C17H17N5O/c1-22-12-19-10-15(22)17(13-6-3-2-4-7-13)21-23-11-14-8-5-9-16(18)20-14/h2-10,12H,11H2,1H3,(H2,18,20). The summed E-state index contributed by atoms with van der Waals surface area (Å²) in [6.07, 6.45) is 3.49. The van der Waals surface area contributed by atoms with E-state index in [4.69, 9.17) is 10.6 Å². The number of oxime groups is 1. The molecule has 0 unspecified atom stereocenters. The molecule has 3 aromatic rings. The topological polar surface area (TPSA) is 78.3 Å². The first kappa shape index (κ1) is 14.8. The number of hydrogen-bond donors (Lipinski definition) is 1. The van der Waals surface area contributed by atoms with Crippen LogP contribution in [0.15, 0.2) is 66.2 Å². The molecule has 2 N–H and O–H groups in total. The summed E-state index contributed by atoms with van der Waals surface area (Å²) in [5.74, 6) is 0.463. The number of aromatic nitrogens is 3. The lowest BCUT2D eigenvalue weighted by atomic mass is 10.1. The maximum absolute atomic E-state index is 5.66. The lowest BCUT2D eigenvalue weighted by Gasteiger charge is -2.08. The van der Waals surface area contributed by atoms with Gasteiger partial charge in [0.25, 0.3) is 0 Å². The molecule has 0 atom stereocenters. The Balaban J connectivity index is 1.85. The lowest BCUT2D eigenvalue weighted by molar-refractivity contribution is 0.128. The van der Waals surface area contributed by atoms with Crippen molar-refractivity contribution in [2.24, 2.45) is 12.2 Å². The molecule has 0 saturated carbocycles. The van der Waals surface area contributed by atoms with E-state index in [2.05, 4.69) is 15.1 Å². The van der Waals surface area contributed by atoms with Gasteiger partial charge >= 0.3 is 0 Å². The van der Waals surface area contributed by atoms with Crippen molar-refractivity contribution in [1.82, 2.24) is 14.5 Å². The summed E-state index contributed by atoms with van der Waals surface area (Å²) >= 11 is 0. The van der Waals surface area contributed by atoms with Crippen molar-refractivity contribution >= 4 is 11.5 Å². The SMILES string of the molecule is Cn1cncc1C(=NOCc1cccc(N)n1)c1ccccc1. The number of nitrogen functional groups attached to an aromatic ring is 1. The largest absolute Gasteiger partial charge is 0.389 e. The van der Waals surface area contributed by atoms with Crippen molar-refractivity contribution < 1.29 is 4.84 Å². The van der Waals surface area contributed by atoms with E-state index >= 15 is 0 Å². The van der Waals surface area contributed by atoms with Gasteiger partial charge < -0.3 is 15.1 Å². The number of pyridine rings is 1. The van der Waals surface area contributed by atoms with Crippen LogP contribution >= 0.6 is 0 Å². The maximum Gasteiger partial charge on any atom is 0.159 e. The van der Waals surface area contributed by atoms with E-state index in [1.165, 1.54) is 0 Å². The number of nitrogens with zero attached hydrogens (tertiary/aromatic N) is 4. The maximum atomic E-state index is 5.66. The van der Waals surface area contributed by atoms with Gasteiger partial charge in [0.15, 0.2) is 6.61 Å². The molecule has 6 nitrogen and oxygen atoms in total. The van der Waals surface area contributed by atoms with Crippen molar-refractivity contribution in [3.63, 3.8) is 0 Å². The molecular weight excluding hydrogens is 290 g/mol. The number of rotatable bonds is 5. The molecule has 116 valence electrons. The summed E-state index contributed by atoms with van der Waals surface area (Å²) in [7, 11) is 1.92. The van der Waals surface area contributed by atoms with Crippen molar-refractivity contribution in [2.45, 2.75) is 6.61 Å². The van der Waals surface area contributed by atoms with Crippen LogP contribution in [0.3, 0.4) is 0 Å². The van der Waals surface area contributed by atoms with Gasteiger partial charge in [-0.1, -0.05) is 41.6 Å². The van der Waals surface area contributed by atoms with Gasteiger partial charge in [-0.3, -0.25) is 0 Å². The minimum absolute atomic E-state index is 0.249. The van der Waals surface area contributed by atoms with Crippen LogP contribution in [0.4, 0.5) is 5.82 Å². The highest BCUT2D eigenvalue weighted by Crippen LogP contribution is 2.11. The zero-order valence-corrected chi connectivity index (χ0v) is 12.8. The second kappa shape index (κ2) is 6.74. The number of anilines is 1. The first-order chi connectivity index (χ1) is 11.2. The summed E-state index contributed by atoms with van der Waals surface area (Å²) in [4.78, 5) is 13.8. The Labute approximate surface area is 134 Å². The molecule has 0 aliphatic rings. The molecule has 2 heterocycles. The van der Waals surface area contributed by atoms with Crippen LogP contribution < -0.4 is 5.73 Å². The van der Waals surface area contributed by atoms with Crippen LogP contribution in [0, 0.1) is 0 Å². The molecule has 1 aromatic carbocycles. The third kappa shape index (κ3) is 3.55. The number of hydrogen-bond acceptors (Lipinski definition) is 5. The van der Waals surface area contributed by atoms with Crippen molar-refractivity contribution in [3.05, 3.63) is 78.0 Å². The quantitative estimate of drug-likeness (QED) is 0.580. The lowest BCUT2D eigenvalue weighted by Crippen LogP contribution is -2.09. The molecule has 0 aliphatic carbocycles. The molecule has 0 radical (unpaired) electrons. The highest BCUT2D eigenvalue weighted by Gasteiger charge is 2.11. The highest BCUT2D eigenvalue weighted by atomic mass is 16.6. The first-order valence-electron chi connectivity index (χ1n) is 7.17. The number of nitrogens with two attached hydrogens (primary N) is 1. The molecule has 0 spiro atoms. The van der Waals surface area contributed by atoms with Crippen molar-refractivity contribution in [1.29, 1.82) is 0 Å². The van der Waals surface area contributed by atoms with Crippen molar-refractivity contribution in [2.75, 3.05) is 5.73 Å². The summed E-state index contributed by atoms with van der Waals surface area (Å²) in [6, 6.07) is 15.3. The van der Waals surface area contributed by atoms with Gasteiger partial charge in [-0.25, -0.2) is 9.97 Å². The second-order valence-electron chi connectivity index (χ2n) is 5.02. The molecule has 3 rings (SSSR count). The Morgan fingerprint density at radius 1 is 1.17 bits per heavy atom. The first-order valence-corrected chi connectivity index (χ1v) is 7.17. The fourth-order valence-corrected chi connectivity index (χ4v) is 2.17. The Hall–Kier alpha value is -3.15. The Kier molecular flexibility index (Phi) is 4.33. The average molecular weight is 307 g/mol. The van der Waals surface area contributed by atoms with E-state index in [1.54, 1.807) is 18.6 Å². The zero-order chi connectivity index (χ0) is 16.1. The summed E-state index contributed by atoms with van der Waals surface area (Å²) < 4.78 is 1.90. The van der Waals surface area contributed by atoms with Crippen LogP contribution in [0.1, 0.15) is 17.0 Å². The molecule has 0 amide bonds. The highest BCUT2D eigenvalue weighted by molar-refractivity contribution is 6.11. The molecule has 0 aliphatic heterocycles. The minimum Gasteiger partial charge on any atom is -0.389 e. The van der Waals surface area contributed by atoms with Crippen molar-refractivity contribution in [3.8, 4) is 0 Å². The Bertz CT molecular complexity index is 811. The van der Waals surface area contributed by atoms with Gasteiger partial charge in [0, 0.05) is 12.6 Å². The van der Waals surface area contributed by atoms with E-state index in [1.807, 2.05) is 54.1 Å². The Morgan fingerprint density at radius 2 is 2.00 bits per heavy atom. The Morgan fingerprint density at radius 3 is 2.70 bits per heavy atom. The van der Waals surface area contributed by atoms with Gasteiger partial charge in [-0.2, -0.15) is 0 Å². The van der Waals surface area contributed by atoms with Gasteiger partial charge in [-0.15, -0.1) is 0 Å². The molecular formula is C17H17N5O. The zero-order valence-electron chi connectivity index (χ0n) is 12.8. The van der Waals surface area contributed by atoms with Gasteiger partial charge in [-0.05, 0) is 12.1 Å². The van der Waals surface area contributed by atoms with Gasteiger partial charge in [0.1, 0.15) is 11.5 Å². The third-order valence-electron chi connectivity index (χ3n) is 3.30. The van der Waals surface area contributed by atoms with E-state index in [0.29, 0.717) is 5.82 Å². The predicted octanol–water partition coefficient (Wildman–Crippen LogP) is 2.37. The van der Waals surface area contributed by atoms with E-state index in [-0.39, 0.29) is 6.61 Å². The third-order valence-corrected chi connectivity index (χ3v) is 3.30. The monoisotopic (exact) mass is 307 g/mol. The van der Waals surface area contributed by atoms with Gasteiger partial charge in [0.05, 0.1) is 23.9 Å². The number of imidazole rings is 1. The minimum atomic E-state index is 0.249. The number of aryl methyl sites for hydroxylation is 1. The summed E-state index contributed by atoms with van der Waals surface area (Å²) in [6.45, 7) is 0.249. The number of benzene rings is 1. The molecule has 0 fully saturated rings. The molecule has 23 heavy (non-hydrogen) atoms. The molecule has 6 heteroatoms. The summed E-state index contributed by atoms with van der Waals surface area (Å²) in [5, 5.41) is 4.30. The van der Waals surface area contributed by atoms with Gasteiger partial charge in [0.2, 0.25) is 0 Å². The van der Waals surface area contributed by atoms with E-state index < -0.39 is 0 Å². The summed E-state index contributed by atoms with van der Waals surface area (Å²) in [5.41, 5.74) is 8.94. The fraction of sp³-hybridized carbons (Fsp3) is 0.118.